The number of nitrogens with one attached hydrogen (secondary N) is 1. The average Bonchev–Trinajstić information content (AvgIpc) is 3.03. The Hall–Kier alpha value is -2.95. The third-order valence-corrected chi connectivity index (χ3v) is 4.29. The molecule has 1 aliphatic rings. The average molecular weight is 338 g/mol. The first-order valence-corrected chi connectivity index (χ1v) is 8.12. The van der Waals surface area contributed by atoms with E-state index in [2.05, 4.69) is 5.32 Å². The lowest BCUT2D eigenvalue weighted by Gasteiger charge is -2.16. The van der Waals surface area contributed by atoms with Crippen LogP contribution in [-0.2, 0) is 9.59 Å². The number of carbonyl (C=O) groups is 2. The first-order chi connectivity index (χ1) is 12.1. The molecule has 0 radical (unpaired) electrons. The molecule has 2 amide bonds. The standard InChI is InChI=1S/C20H19FN2O2/c1-22-20(25)16-12-19(24)23(13-16)18-10-6-15(7-11-18)3-2-14-4-8-17(21)9-5-14/h2-11,16H,12-13H2,1H3,(H,22,25). The largest absolute Gasteiger partial charge is 0.359 e. The number of nitrogens with zero attached hydrogens (tertiary/aromatic N) is 1. The summed E-state index contributed by atoms with van der Waals surface area (Å²) in [4.78, 5) is 25.5. The summed E-state index contributed by atoms with van der Waals surface area (Å²) in [6.07, 6.45) is 4.07. The lowest BCUT2D eigenvalue weighted by Crippen LogP contribution is -2.30. The quantitative estimate of drug-likeness (QED) is 0.871. The Bertz CT molecular complexity index is 797. The van der Waals surface area contributed by atoms with Gasteiger partial charge < -0.3 is 10.2 Å². The fourth-order valence-corrected chi connectivity index (χ4v) is 2.87. The molecule has 1 fully saturated rings. The third kappa shape index (κ3) is 3.94. The fourth-order valence-electron chi connectivity index (χ4n) is 2.87. The zero-order chi connectivity index (χ0) is 17.8. The zero-order valence-corrected chi connectivity index (χ0v) is 13.9. The van der Waals surface area contributed by atoms with Gasteiger partial charge in [-0.25, -0.2) is 4.39 Å². The molecule has 25 heavy (non-hydrogen) atoms. The highest BCUT2D eigenvalue weighted by Gasteiger charge is 2.34. The summed E-state index contributed by atoms with van der Waals surface area (Å²) < 4.78 is 12.9. The van der Waals surface area contributed by atoms with Gasteiger partial charge in [-0.05, 0) is 35.4 Å². The van der Waals surface area contributed by atoms with Crippen molar-refractivity contribution in [2.45, 2.75) is 6.42 Å². The van der Waals surface area contributed by atoms with E-state index >= 15 is 0 Å². The number of hydrogen-bond donors (Lipinski definition) is 1. The maximum atomic E-state index is 12.9. The maximum Gasteiger partial charge on any atom is 0.227 e. The second-order valence-electron chi connectivity index (χ2n) is 6.00. The summed E-state index contributed by atoms with van der Waals surface area (Å²) in [7, 11) is 1.58. The number of amides is 2. The zero-order valence-electron chi connectivity index (χ0n) is 13.9. The van der Waals surface area contributed by atoms with Crippen LogP contribution >= 0.6 is 0 Å². The molecule has 4 nitrogen and oxygen atoms in total. The van der Waals surface area contributed by atoms with E-state index in [-0.39, 0.29) is 30.0 Å². The van der Waals surface area contributed by atoms with Gasteiger partial charge in [-0.2, -0.15) is 0 Å². The summed E-state index contributed by atoms with van der Waals surface area (Å²) in [5.41, 5.74) is 2.67. The van der Waals surface area contributed by atoms with Crippen molar-refractivity contribution in [1.29, 1.82) is 0 Å². The normalized spacial score (nSPS) is 17.3. The van der Waals surface area contributed by atoms with Gasteiger partial charge in [-0.15, -0.1) is 0 Å². The molecule has 0 aromatic heterocycles. The fraction of sp³-hybridized carbons (Fsp3) is 0.200. The van der Waals surface area contributed by atoms with Crippen LogP contribution in [0.5, 0.6) is 0 Å². The van der Waals surface area contributed by atoms with Crippen LogP contribution in [0.25, 0.3) is 12.2 Å². The van der Waals surface area contributed by atoms with Crippen LogP contribution in [0.3, 0.4) is 0 Å². The number of carbonyl (C=O) groups excluding carboxylic acids is 2. The molecule has 2 aromatic carbocycles. The van der Waals surface area contributed by atoms with Gasteiger partial charge in [-0.3, -0.25) is 9.59 Å². The van der Waals surface area contributed by atoms with Crippen LogP contribution in [0, 0.1) is 11.7 Å². The molecular formula is C20H19FN2O2. The Morgan fingerprint density at radius 2 is 1.64 bits per heavy atom. The second kappa shape index (κ2) is 7.30. The molecule has 128 valence electrons. The van der Waals surface area contributed by atoms with Gasteiger partial charge in [0, 0.05) is 25.7 Å². The van der Waals surface area contributed by atoms with E-state index in [1.54, 1.807) is 24.1 Å². The SMILES string of the molecule is CNC(=O)C1CC(=O)N(c2ccc(C=Cc3ccc(F)cc3)cc2)C1. The van der Waals surface area contributed by atoms with Crippen molar-refractivity contribution < 1.29 is 14.0 Å². The van der Waals surface area contributed by atoms with Crippen LogP contribution in [0.2, 0.25) is 0 Å². The van der Waals surface area contributed by atoms with Gasteiger partial charge in [0.05, 0.1) is 5.92 Å². The van der Waals surface area contributed by atoms with E-state index < -0.39 is 0 Å². The number of hydrogen-bond acceptors (Lipinski definition) is 2. The Morgan fingerprint density at radius 1 is 1.08 bits per heavy atom. The molecule has 5 heteroatoms. The molecule has 1 heterocycles. The summed E-state index contributed by atoms with van der Waals surface area (Å²) in [5.74, 6) is -0.694. The molecule has 3 rings (SSSR count). The molecular weight excluding hydrogens is 319 g/mol. The van der Waals surface area contributed by atoms with Crippen LogP contribution in [0.4, 0.5) is 10.1 Å². The number of anilines is 1. The van der Waals surface area contributed by atoms with Crippen LogP contribution in [0.1, 0.15) is 17.5 Å². The predicted molar refractivity (Wildman–Crippen MR) is 96.3 cm³/mol. The van der Waals surface area contributed by atoms with Crippen LogP contribution in [0.15, 0.2) is 48.5 Å². The number of benzene rings is 2. The second-order valence-corrected chi connectivity index (χ2v) is 6.00. The van der Waals surface area contributed by atoms with Gasteiger partial charge >= 0.3 is 0 Å². The van der Waals surface area contributed by atoms with Gasteiger partial charge in [0.1, 0.15) is 5.82 Å². The van der Waals surface area contributed by atoms with Crippen molar-refractivity contribution in [1.82, 2.24) is 5.32 Å². The molecule has 2 aromatic rings. The van der Waals surface area contributed by atoms with Gasteiger partial charge in [-0.1, -0.05) is 36.4 Å². The van der Waals surface area contributed by atoms with Gasteiger partial charge in [0.15, 0.2) is 0 Å². The van der Waals surface area contributed by atoms with E-state index in [4.69, 9.17) is 0 Å². The van der Waals surface area contributed by atoms with Crippen molar-refractivity contribution in [3.05, 3.63) is 65.5 Å². The number of halogens is 1. The van der Waals surface area contributed by atoms with E-state index in [0.29, 0.717) is 6.54 Å². The Labute approximate surface area is 146 Å². The summed E-state index contributed by atoms with van der Waals surface area (Å²) in [5, 5.41) is 2.59. The first kappa shape index (κ1) is 16.9. The highest BCUT2D eigenvalue weighted by molar-refractivity contribution is 6.00. The molecule has 1 N–H and O–H groups in total. The first-order valence-electron chi connectivity index (χ1n) is 8.12. The summed E-state index contributed by atoms with van der Waals surface area (Å²) in [6.45, 7) is 0.406. The minimum atomic E-state index is -0.296. The Morgan fingerprint density at radius 3 is 2.20 bits per heavy atom. The molecule has 0 saturated carbocycles. The highest BCUT2D eigenvalue weighted by atomic mass is 19.1. The van der Waals surface area contributed by atoms with Crippen molar-refractivity contribution in [2.75, 3.05) is 18.5 Å². The smallest absolute Gasteiger partial charge is 0.227 e. The number of rotatable bonds is 4. The molecule has 1 unspecified atom stereocenters. The molecule has 1 aliphatic heterocycles. The van der Waals surface area contributed by atoms with Crippen molar-refractivity contribution in [2.24, 2.45) is 5.92 Å². The Balaban J connectivity index is 1.69. The lowest BCUT2D eigenvalue weighted by molar-refractivity contribution is -0.125. The van der Waals surface area contributed by atoms with Crippen molar-refractivity contribution >= 4 is 29.7 Å². The van der Waals surface area contributed by atoms with Gasteiger partial charge in [0.25, 0.3) is 0 Å². The molecule has 0 bridgehead atoms. The Kier molecular flexibility index (Phi) is 4.93. The molecule has 1 atom stereocenters. The van der Waals surface area contributed by atoms with E-state index in [0.717, 1.165) is 16.8 Å². The molecule has 1 saturated heterocycles. The monoisotopic (exact) mass is 338 g/mol. The minimum Gasteiger partial charge on any atom is -0.359 e. The van der Waals surface area contributed by atoms with Gasteiger partial charge in [0.2, 0.25) is 11.8 Å². The lowest BCUT2D eigenvalue weighted by atomic mass is 10.1. The van der Waals surface area contributed by atoms with E-state index in [1.807, 2.05) is 36.4 Å². The summed E-state index contributed by atoms with van der Waals surface area (Å²) >= 11 is 0. The highest BCUT2D eigenvalue weighted by Crippen LogP contribution is 2.25. The van der Waals surface area contributed by atoms with Crippen molar-refractivity contribution in [3.8, 4) is 0 Å². The summed E-state index contributed by atoms with van der Waals surface area (Å²) in [6, 6.07) is 13.8. The van der Waals surface area contributed by atoms with E-state index in [1.165, 1.54) is 12.1 Å². The predicted octanol–water partition coefficient (Wildman–Crippen LogP) is 3.10. The third-order valence-electron chi connectivity index (χ3n) is 4.29. The van der Waals surface area contributed by atoms with Crippen LogP contribution in [-0.4, -0.2) is 25.4 Å². The van der Waals surface area contributed by atoms with Crippen molar-refractivity contribution in [3.63, 3.8) is 0 Å². The van der Waals surface area contributed by atoms with Crippen LogP contribution < -0.4 is 10.2 Å². The minimum absolute atomic E-state index is 0.0387. The topological polar surface area (TPSA) is 49.4 Å². The maximum absolute atomic E-state index is 12.9. The molecule has 0 spiro atoms. The van der Waals surface area contributed by atoms with E-state index in [9.17, 15) is 14.0 Å². The molecule has 0 aliphatic carbocycles.